The molecule has 152 valence electrons. The topological polar surface area (TPSA) is 118 Å². The quantitative estimate of drug-likeness (QED) is 0.420. The first-order valence-corrected chi connectivity index (χ1v) is 10.6. The highest BCUT2D eigenvalue weighted by atomic mass is 32.2. The number of anilines is 1. The second-order valence-corrected chi connectivity index (χ2v) is 8.01. The van der Waals surface area contributed by atoms with Crippen LogP contribution in [0, 0.1) is 0 Å². The molecule has 9 nitrogen and oxygen atoms in total. The van der Waals surface area contributed by atoms with E-state index in [1.165, 1.54) is 0 Å². The van der Waals surface area contributed by atoms with E-state index in [1.807, 2.05) is 25.1 Å². The molecule has 1 aromatic carbocycles. The number of sulfonamides is 1. The van der Waals surface area contributed by atoms with Crippen molar-refractivity contribution in [3.8, 4) is 11.5 Å². The van der Waals surface area contributed by atoms with Gasteiger partial charge in [0.2, 0.25) is 10.0 Å². The molecule has 2 rings (SSSR count). The van der Waals surface area contributed by atoms with Crippen molar-refractivity contribution in [3.05, 3.63) is 18.2 Å². The van der Waals surface area contributed by atoms with Gasteiger partial charge in [-0.3, -0.25) is 4.99 Å². The molecule has 0 spiro atoms. The number of ether oxygens (including phenoxy) is 2. The summed E-state index contributed by atoms with van der Waals surface area (Å²) >= 11 is 0. The van der Waals surface area contributed by atoms with Crippen LogP contribution >= 0.6 is 0 Å². The predicted molar refractivity (Wildman–Crippen MR) is 107 cm³/mol. The zero-order chi connectivity index (χ0) is 19.9. The van der Waals surface area contributed by atoms with E-state index in [4.69, 9.17) is 14.6 Å². The number of guanidine groups is 1. The number of methoxy groups -OCH3 is 2. The molecule has 1 atom stereocenters. The largest absolute Gasteiger partial charge is 0.497 e. The molecule has 0 bridgehead atoms. The van der Waals surface area contributed by atoms with Gasteiger partial charge in [-0.1, -0.05) is 0 Å². The number of benzene rings is 1. The third kappa shape index (κ3) is 6.79. The smallest absolute Gasteiger partial charge is 0.210 e. The number of nitrogens with one attached hydrogen (secondary N) is 2. The molecule has 27 heavy (non-hydrogen) atoms. The van der Waals surface area contributed by atoms with Crippen molar-refractivity contribution < 1.29 is 17.9 Å². The number of aliphatic imine (C=N–C) groups is 1. The van der Waals surface area contributed by atoms with Gasteiger partial charge in [-0.15, -0.1) is 0 Å². The van der Waals surface area contributed by atoms with E-state index in [0.717, 1.165) is 36.7 Å². The minimum atomic E-state index is -3.51. The molecule has 1 aliphatic heterocycles. The fraction of sp³-hybridized carbons (Fsp3) is 0.588. The number of hydrogen-bond donors (Lipinski definition) is 3. The zero-order valence-corrected chi connectivity index (χ0v) is 16.9. The zero-order valence-electron chi connectivity index (χ0n) is 16.1. The summed E-state index contributed by atoms with van der Waals surface area (Å²) in [5, 5.41) is 11.5. The van der Waals surface area contributed by atoms with Gasteiger partial charge >= 0.3 is 0 Å². The number of nitrogens with zero attached hydrogens (tertiary/aromatic N) is 2. The van der Waals surface area contributed by atoms with Crippen molar-refractivity contribution in [3.63, 3.8) is 0 Å². The van der Waals surface area contributed by atoms with Crippen molar-refractivity contribution in [2.75, 3.05) is 51.1 Å². The highest BCUT2D eigenvalue weighted by Gasteiger charge is 2.24. The standard InChI is InChI=1S/C17H29N5O4S/c1-4-19-17(20-6-8-27(18,23)24)21-13-5-7-22(12-13)14-9-15(25-2)11-16(10-14)26-3/h9-11,13H,4-8,12H2,1-3H3,(H2,18,23,24)(H2,19,20,21). The first kappa shape index (κ1) is 21.1. The summed E-state index contributed by atoms with van der Waals surface area (Å²) in [6.45, 7) is 4.43. The Kier molecular flexibility index (Phi) is 7.55. The Balaban J connectivity index is 2.00. The Labute approximate surface area is 161 Å². The Morgan fingerprint density at radius 2 is 1.96 bits per heavy atom. The first-order valence-electron chi connectivity index (χ1n) is 8.88. The van der Waals surface area contributed by atoms with Crippen LogP contribution in [-0.4, -0.2) is 66.6 Å². The normalized spacial score (nSPS) is 17.7. The van der Waals surface area contributed by atoms with Crippen LogP contribution in [0.1, 0.15) is 13.3 Å². The van der Waals surface area contributed by atoms with Crippen molar-refractivity contribution >= 4 is 21.7 Å². The Morgan fingerprint density at radius 1 is 1.30 bits per heavy atom. The highest BCUT2D eigenvalue weighted by molar-refractivity contribution is 7.89. The third-order valence-electron chi connectivity index (χ3n) is 4.22. The molecule has 1 saturated heterocycles. The van der Waals surface area contributed by atoms with Crippen LogP contribution in [0.25, 0.3) is 0 Å². The molecule has 1 fully saturated rings. The second kappa shape index (κ2) is 9.65. The molecule has 0 aromatic heterocycles. The maximum atomic E-state index is 11.1. The first-order chi connectivity index (χ1) is 12.8. The molecule has 0 aliphatic carbocycles. The molecule has 0 radical (unpaired) electrons. The summed E-state index contributed by atoms with van der Waals surface area (Å²) in [6.07, 6.45) is 0.930. The summed E-state index contributed by atoms with van der Waals surface area (Å²) in [6, 6.07) is 6.00. The SMILES string of the molecule is CCNC(=NCCS(N)(=O)=O)NC1CCN(c2cc(OC)cc(OC)c2)C1. The molecule has 1 aliphatic rings. The van der Waals surface area contributed by atoms with Crippen molar-refractivity contribution in [1.29, 1.82) is 0 Å². The summed E-state index contributed by atoms with van der Waals surface area (Å²) in [4.78, 5) is 6.54. The van der Waals surface area contributed by atoms with E-state index in [1.54, 1.807) is 14.2 Å². The average Bonchev–Trinajstić information content (AvgIpc) is 3.09. The van der Waals surface area contributed by atoms with Gasteiger partial charge < -0.3 is 25.0 Å². The fourth-order valence-corrected chi connectivity index (χ4v) is 3.23. The Morgan fingerprint density at radius 3 is 2.52 bits per heavy atom. The van der Waals surface area contributed by atoms with Gasteiger partial charge in [0, 0.05) is 49.6 Å². The lowest BCUT2D eigenvalue weighted by molar-refractivity contribution is 0.394. The maximum absolute atomic E-state index is 11.1. The minimum Gasteiger partial charge on any atom is -0.497 e. The summed E-state index contributed by atoms with van der Waals surface area (Å²) in [5.74, 6) is 1.91. The van der Waals surface area contributed by atoms with E-state index < -0.39 is 10.0 Å². The molecule has 1 unspecified atom stereocenters. The van der Waals surface area contributed by atoms with E-state index in [-0.39, 0.29) is 18.3 Å². The summed E-state index contributed by atoms with van der Waals surface area (Å²) in [7, 11) is -0.250. The fourth-order valence-electron chi connectivity index (χ4n) is 2.89. The summed E-state index contributed by atoms with van der Waals surface area (Å²) < 4.78 is 32.8. The van der Waals surface area contributed by atoms with Gasteiger partial charge in [-0.25, -0.2) is 13.6 Å². The van der Waals surface area contributed by atoms with Gasteiger partial charge in [0.25, 0.3) is 0 Å². The minimum absolute atomic E-state index is 0.123. The van der Waals surface area contributed by atoms with E-state index >= 15 is 0 Å². The molecule has 0 saturated carbocycles. The van der Waals surface area contributed by atoms with Gasteiger partial charge in [-0.05, 0) is 13.3 Å². The average molecular weight is 400 g/mol. The number of hydrogen-bond acceptors (Lipinski definition) is 6. The van der Waals surface area contributed by atoms with Gasteiger partial charge in [0.1, 0.15) is 11.5 Å². The van der Waals surface area contributed by atoms with Crippen LogP contribution in [0.3, 0.4) is 0 Å². The highest BCUT2D eigenvalue weighted by Crippen LogP contribution is 2.30. The molecule has 10 heteroatoms. The van der Waals surface area contributed by atoms with Crippen LogP contribution in [0.15, 0.2) is 23.2 Å². The number of rotatable bonds is 8. The monoisotopic (exact) mass is 399 g/mol. The van der Waals surface area contributed by atoms with E-state index in [0.29, 0.717) is 12.5 Å². The number of primary sulfonamides is 1. The number of nitrogens with two attached hydrogens (primary N) is 1. The van der Waals surface area contributed by atoms with Crippen molar-refractivity contribution in [2.45, 2.75) is 19.4 Å². The third-order valence-corrected chi connectivity index (χ3v) is 4.97. The predicted octanol–water partition coefficient (Wildman–Crippen LogP) is 0.126. The van der Waals surface area contributed by atoms with Gasteiger partial charge in [0.05, 0.1) is 26.5 Å². The van der Waals surface area contributed by atoms with Gasteiger partial charge in [0.15, 0.2) is 5.96 Å². The lowest BCUT2D eigenvalue weighted by atomic mass is 10.2. The lowest BCUT2D eigenvalue weighted by Gasteiger charge is -2.21. The Hall–Kier alpha value is -2.20. The molecular formula is C17H29N5O4S. The molecular weight excluding hydrogens is 370 g/mol. The van der Waals surface area contributed by atoms with Crippen molar-refractivity contribution in [1.82, 2.24) is 10.6 Å². The summed E-state index contributed by atoms with van der Waals surface area (Å²) in [5.41, 5.74) is 1.03. The van der Waals surface area contributed by atoms with Crippen LogP contribution in [0.5, 0.6) is 11.5 Å². The van der Waals surface area contributed by atoms with Crippen LogP contribution in [-0.2, 0) is 10.0 Å². The van der Waals surface area contributed by atoms with E-state index in [9.17, 15) is 8.42 Å². The Bertz CT molecular complexity index is 731. The lowest BCUT2D eigenvalue weighted by Crippen LogP contribution is -2.44. The maximum Gasteiger partial charge on any atom is 0.210 e. The van der Waals surface area contributed by atoms with Gasteiger partial charge in [-0.2, -0.15) is 0 Å². The van der Waals surface area contributed by atoms with Crippen molar-refractivity contribution in [2.24, 2.45) is 10.1 Å². The molecule has 1 aromatic rings. The molecule has 0 amide bonds. The van der Waals surface area contributed by atoms with E-state index in [2.05, 4.69) is 20.5 Å². The second-order valence-electron chi connectivity index (χ2n) is 6.27. The van der Waals surface area contributed by atoms with Crippen LogP contribution < -0.4 is 30.1 Å². The van der Waals surface area contributed by atoms with Crippen LogP contribution in [0.2, 0.25) is 0 Å². The molecule has 4 N–H and O–H groups in total. The molecule has 1 heterocycles. The van der Waals surface area contributed by atoms with Crippen LogP contribution in [0.4, 0.5) is 5.69 Å².